The molecule has 4 aromatic rings. The van der Waals surface area contributed by atoms with Gasteiger partial charge in [0, 0.05) is 42.5 Å². The number of aromatic nitrogens is 2. The molecule has 1 aliphatic carbocycles. The minimum absolute atomic E-state index is 0.164. The number of anilines is 1. The molecule has 8 nitrogen and oxygen atoms in total. The van der Waals surface area contributed by atoms with E-state index in [1.807, 2.05) is 12.1 Å². The molecule has 2 fully saturated rings. The van der Waals surface area contributed by atoms with Crippen LogP contribution in [0.4, 0.5) is 14.5 Å². The molecule has 2 aliphatic rings. The molecule has 204 valence electrons. The van der Waals surface area contributed by atoms with Gasteiger partial charge in [-0.15, -0.1) is 0 Å². The maximum atomic E-state index is 14.7. The zero-order chi connectivity index (χ0) is 27.0. The first kappa shape index (κ1) is 25.7. The van der Waals surface area contributed by atoms with Gasteiger partial charge in [-0.05, 0) is 66.4 Å². The average Bonchev–Trinajstić information content (AvgIpc) is 3.70. The van der Waals surface area contributed by atoms with E-state index >= 15 is 0 Å². The highest BCUT2D eigenvalue weighted by Crippen LogP contribution is 2.36. The van der Waals surface area contributed by atoms with Crippen molar-refractivity contribution in [3.8, 4) is 28.0 Å². The molecule has 1 saturated heterocycles. The zero-order valence-corrected chi connectivity index (χ0v) is 22.0. The molecular formula is C28H28F2N4O4S. The second-order valence-electron chi connectivity index (χ2n) is 9.82. The van der Waals surface area contributed by atoms with Crippen LogP contribution < -0.4 is 9.46 Å². The summed E-state index contributed by atoms with van der Waals surface area (Å²) in [4.78, 5) is 2.29. The fourth-order valence-electron chi connectivity index (χ4n) is 4.74. The number of hydrogen-bond donors (Lipinski definition) is 1. The molecule has 39 heavy (non-hydrogen) atoms. The maximum Gasteiger partial charge on any atom is 0.235 e. The van der Waals surface area contributed by atoms with E-state index < -0.39 is 26.9 Å². The molecule has 2 aromatic heterocycles. The molecule has 0 spiro atoms. The SMILES string of the molecule is O=S(=O)(Nc1cc(-c2ccc(F)cc2F)cc(-c2cnn3cc(OCCN4CCOCC4)ccc23)c1)C1CC1. The number of hydrogen-bond acceptors (Lipinski definition) is 6. The summed E-state index contributed by atoms with van der Waals surface area (Å²) in [5.41, 5.74) is 3.02. The van der Waals surface area contributed by atoms with Crippen LogP contribution in [0.5, 0.6) is 5.75 Å². The Kier molecular flexibility index (Phi) is 6.96. The van der Waals surface area contributed by atoms with Crippen molar-refractivity contribution in [2.45, 2.75) is 18.1 Å². The summed E-state index contributed by atoms with van der Waals surface area (Å²) >= 11 is 0. The van der Waals surface area contributed by atoms with Gasteiger partial charge >= 0.3 is 0 Å². The molecule has 0 atom stereocenters. The molecule has 1 saturated carbocycles. The lowest BCUT2D eigenvalue weighted by Crippen LogP contribution is -2.38. The summed E-state index contributed by atoms with van der Waals surface area (Å²) in [6, 6.07) is 12.1. The Bertz CT molecular complexity index is 1620. The lowest BCUT2D eigenvalue weighted by Gasteiger charge is -2.26. The quantitative estimate of drug-likeness (QED) is 0.327. The minimum atomic E-state index is -3.56. The van der Waals surface area contributed by atoms with E-state index in [0.29, 0.717) is 42.0 Å². The van der Waals surface area contributed by atoms with E-state index in [-0.39, 0.29) is 5.56 Å². The fraction of sp³-hybridized carbons (Fsp3) is 0.321. The number of sulfonamides is 1. The molecule has 11 heteroatoms. The monoisotopic (exact) mass is 554 g/mol. The number of halogens is 2. The zero-order valence-electron chi connectivity index (χ0n) is 21.1. The van der Waals surface area contributed by atoms with Gasteiger partial charge in [0.1, 0.15) is 24.0 Å². The number of fused-ring (bicyclic) bond motifs is 1. The van der Waals surface area contributed by atoms with E-state index in [2.05, 4.69) is 14.7 Å². The molecule has 0 unspecified atom stereocenters. The minimum Gasteiger partial charge on any atom is -0.491 e. The topological polar surface area (TPSA) is 85.2 Å². The first-order valence-corrected chi connectivity index (χ1v) is 14.4. The summed E-state index contributed by atoms with van der Waals surface area (Å²) in [5.74, 6) is -0.750. The number of nitrogens with one attached hydrogen (secondary N) is 1. The molecule has 3 heterocycles. The molecule has 2 aromatic carbocycles. The summed E-state index contributed by atoms with van der Waals surface area (Å²) < 4.78 is 69.3. The van der Waals surface area contributed by atoms with Crippen LogP contribution in [-0.2, 0) is 14.8 Å². The van der Waals surface area contributed by atoms with Gasteiger partial charge in [0.15, 0.2) is 0 Å². The smallest absolute Gasteiger partial charge is 0.235 e. The molecule has 1 aliphatic heterocycles. The van der Waals surface area contributed by atoms with Crippen LogP contribution in [-0.4, -0.2) is 67.6 Å². The number of benzene rings is 2. The molecule has 6 rings (SSSR count). The van der Waals surface area contributed by atoms with Crippen molar-refractivity contribution in [2.24, 2.45) is 0 Å². The second-order valence-corrected chi connectivity index (χ2v) is 11.8. The predicted octanol–water partition coefficient (Wildman–Crippen LogP) is 4.56. The lowest BCUT2D eigenvalue weighted by molar-refractivity contribution is 0.0322. The number of pyridine rings is 1. The van der Waals surface area contributed by atoms with Crippen molar-refractivity contribution < 1.29 is 26.7 Å². The van der Waals surface area contributed by atoms with Crippen molar-refractivity contribution in [2.75, 3.05) is 44.2 Å². The van der Waals surface area contributed by atoms with Gasteiger partial charge in [-0.3, -0.25) is 9.62 Å². The summed E-state index contributed by atoms with van der Waals surface area (Å²) in [7, 11) is -3.56. The van der Waals surface area contributed by atoms with E-state index in [0.717, 1.165) is 50.0 Å². The van der Waals surface area contributed by atoms with Crippen molar-refractivity contribution in [3.63, 3.8) is 0 Å². The summed E-state index contributed by atoms with van der Waals surface area (Å²) in [5, 5.41) is 4.05. The Balaban J connectivity index is 1.31. The van der Waals surface area contributed by atoms with Gasteiger partial charge in [-0.1, -0.05) is 0 Å². The molecular weight excluding hydrogens is 526 g/mol. The van der Waals surface area contributed by atoms with E-state index in [1.54, 1.807) is 35.1 Å². The van der Waals surface area contributed by atoms with Gasteiger partial charge < -0.3 is 9.47 Å². The highest BCUT2D eigenvalue weighted by Gasteiger charge is 2.35. The largest absolute Gasteiger partial charge is 0.491 e. The van der Waals surface area contributed by atoms with Gasteiger partial charge in [0.25, 0.3) is 0 Å². The molecule has 0 radical (unpaired) electrons. The van der Waals surface area contributed by atoms with Crippen LogP contribution in [0.1, 0.15) is 12.8 Å². The number of rotatable bonds is 9. The standard InChI is InChI=1S/C28H28F2N4O4S/c29-21-1-5-25(27(30)16-21)19-13-20(15-22(14-19)32-39(35,36)24-3-4-24)26-17-31-34-18-23(2-6-28(26)34)38-12-9-33-7-10-37-11-8-33/h1-2,5-6,13-18,24,32H,3-4,7-12H2. The second kappa shape index (κ2) is 10.6. The van der Waals surface area contributed by atoms with Gasteiger partial charge in [0.05, 0.1) is 36.4 Å². The van der Waals surface area contributed by atoms with Crippen molar-refractivity contribution in [1.29, 1.82) is 0 Å². The number of nitrogens with zero attached hydrogens (tertiary/aromatic N) is 3. The van der Waals surface area contributed by atoms with E-state index in [4.69, 9.17) is 9.47 Å². The first-order chi connectivity index (χ1) is 18.9. The number of ether oxygens (including phenoxy) is 2. The van der Waals surface area contributed by atoms with Crippen LogP contribution in [0.3, 0.4) is 0 Å². The van der Waals surface area contributed by atoms with Crippen LogP contribution in [0.25, 0.3) is 27.8 Å². The van der Waals surface area contributed by atoms with E-state index in [1.165, 1.54) is 12.1 Å². The summed E-state index contributed by atoms with van der Waals surface area (Å²) in [6.07, 6.45) is 4.68. The third kappa shape index (κ3) is 5.75. The Morgan fingerprint density at radius 3 is 2.51 bits per heavy atom. The Labute approximate surface area is 225 Å². The Morgan fingerprint density at radius 1 is 1.00 bits per heavy atom. The average molecular weight is 555 g/mol. The Morgan fingerprint density at radius 2 is 1.77 bits per heavy atom. The third-order valence-electron chi connectivity index (χ3n) is 6.98. The van der Waals surface area contributed by atoms with Gasteiger partial charge in [-0.2, -0.15) is 5.10 Å². The van der Waals surface area contributed by atoms with Crippen molar-refractivity contribution >= 4 is 21.2 Å². The van der Waals surface area contributed by atoms with E-state index in [9.17, 15) is 17.2 Å². The molecule has 0 bridgehead atoms. The number of morpholine rings is 1. The molecule has 0 amide bonds. The van der Waals surface area contributed by atoms with Crippen molar-refractivity contribution in [3.05, 3.63) is 72.6 Å². The van der Waals surface area contributed by atoms with Crippen LogP contribution >= 0.6 is 0 Å². The van der Waals surface area contributed by atoms with Crippen LogP contribution in [0, 0.1) is 11.6 Å². The van der Waals surface area contributed by atoms with Crippen LogP contribution in [0.15, 0.2) is 60.9 Å². The lowest BCUT2D eigenvalue weighted by atomic mass is 9.98. The van der Waals surface area contributed by atoms with Gasteiger partial charge in [-0.25, -0.2) is 21.7 Å². The third-order valence-corrected chi connectivity index (χ3v) is 8.85. The van der Waals surface area contributed by atoms with Gasteiger partial charge in [0.2, 0.25) is 10.0 Å². The van der Waals surface area contributed by atoms with Crippen molar-refractivity contribution in [1.82, 2.24) is 14.5 Å². The Hall–Kier alpha value is -3.54. The molecule has 1 N–H and O–H groups in total. The fourth-order valence-corrected chi connectivity index (χ4v) is 6.11. The van der Waals surface area contributed by atoms with Crippen LogP contribution in [0.2, 0.25) is 0 Å². The normalized spacial score (nSPS) is 16.5. The highest BCUT2D eigenvalue weighted by atomic mass is 32.2. The predicted molar refractivity (Wildman–Crippen MR) is 144 cm³/mol. The highest BCUT2D eigenvalue weighted by molar-refractivity contribution is 7.93. The summed E-state index contributed by atoms with van der Waals surface area (Å²) in [6.45, 7) is 4.60. The maximum absolute atomic E-state index is 14.7. The first-order valence-electron chi connectivity index (χ1n) is 12.9.